The fourth-order valence-electron chi connectivity index (χ4n) is 6.42. The van der Waals surface area contributed by atoms with Crippen LogP contribution in [0.25, 0.3) is 0 Å². The molecule has 260 valence electrons. The number of aliphatic hydroxyl groups is 1. The van der Waals surface area contributed by atoms with Crippen LogP contribution in [0.4, 0.5) is 16.2 Å². The first-order valence-corrected chi connectivity index (χ1v) is 17.1. The minimum Gasteiger partial charge on any atom is -0.490 e. The largest absolute Gasteiger partial charge is 0.490 e. The van der Waals surface area contributed by atoms with E-state index in [1.807, 2.05) is 20.9 Å². The van der Waals surface area contributed by atoms with Gasteiger partial charge < -0.3 is 39.5 Å². The number of anilines is 2. The second kappa shape index (κ2) is 17.0. The van der Waals surface area contributed by atoms with Gasteiger partial charge in [0.1, 0.15) is 17.1 Å². The number of aromatic nitrogens is 1. The average Bonchev–Trinajstić information content (AvgIpc) is 3.37. The molecule has 1 aliphatic carbocycles. The molecule has 3 N–H and O–H groups in total. The second-order valence-corrected chi connectivity index (χ2v) is 13.3. The monoisotopic (exact) mass is 655 g/mol. The first-order chi connectivity index (χ1) is 22.5. The zero-order valence-electron chi connectivity index (χ0n) is 28.8. The maximum atomic E-state index is 14.4. The summed E-state index contributed by atoms with van der Waals surface area (Å²) in [4.78, 5) is 44.0. The lowest BCUT2D eigenvalue weighted by Gasteiger charge is -2.36. The quantitative estimate of drug-likeness (QED) is 0.341. The number of nitrogens with zero attached hydrogens (tertiary/aromatic N) is 3. The Labute approximate surface area is 278 Å². The van der Waals surface area contributed by atoms with Crippen LogP contribution in [0.2, 0.25) is 0 Å². The van der Waals surface area contributed by atoms with Crippen molar-refractivity contribution in [3.63, 3.8) is 0 Å². The van der Waals surface area contributed by atoms with Crippen molar-refractivity contribution >= 4 is 29.2 Å². The highest BCUT2D eigenvalue weighted by Gasteiger charge is 2.32. The van der Waals surface area contributed by atoms with Crippen LogP contribution < -0.4 is 15.4 Å². The van der Waals surface area contributed by atoms with Crippen molar-refractivity contribution in [2.75, 3.05) is 44.0 Å². The Morgan fingerprint density at radius 1 is 1.09 bits per heavy atom. The lowest BCUT2D eigenvalue weighted by Crippen LogP contribution is -2.48. The van der Waals surface area contributed by atoms with Gasteiger partial charge in [0.15, 0.2) is 5.76 Å². The molecule has 1 saturated carbocycles. The molecule has 1 fully saturated rings. The van der Waals surface area contributed by atoms with E-state index in [0.29, 0.717) is 41.7 Å². The number of carbonyl (C=O) groups excluding carboxylic acids is 3. The predicted octanol–water partition coefficient (Wildman–Crippen LogP) is 5.77. The zero-order chi connectivity index (χ0) is 34.1. The van der Waals surface area contributed by atoms with Crippen LogP contribution in [0, 0.1) is 25.7 Å². The number of carbonyl (C=O) groups is 3. The van der Waals surface area contributed by atoms with Gasteiger partial charge in [0.05, 0.1) is 30.4 Å². The molecule has 2 aliphatic rings. The van der Waals surface area contributed by atoms with E-state index in [0.717, 1.165) is 44.9 Å². The van der Waals surface area contributed by atoms with Gasteiger partial charge in [-0.15, -0.1) is 0 Å². The number of aliphatic hydroxyl groups excluding tert-OH is 1. The fourth-order valence-corrected chi connectivity index (χ4v) is 6.42. The highest BCUT2D eigenvalue weighted by molar-refractivity contribution is 6.03. The number of fused-ring (bicyclic) bond motifs is 1. The molecule has 0 radical (unpaired) electrons. The molecule has 0 unspecified atom stereocenters. The van der Waals surface area contributed by atoms with Crippen LogP contribution >= 0.6 is 0 Å². The topological polar surface area (TPSA) is 146 Å². The number of amides is 4. The van der Waals surface area contributed by atoms with Crippen LogP contribution in [0.1, 0.15) is 93.9 Å². The lowest BCUT2D eigenvalue weighted by atomic mass is 9.88. The Morgan fingerprint density at radius 3 is 2.49 bits per heavy atom. The maximum absolute atomic E-state index is 14.4. The van der Waals surface area contributed by atoms with Gasteiger partial charge in [-0.05, 0) is 78.0 Å². The minimum absolute atomic E-state index is 0.0577. The van der Waals surface area contributed by atoms with Crippen LogP contribution in [0.3, 0.4) is 0 Å². The smallest absolute Gasteiger partial charge is 0.323 e. The van der Waals surface area contributed by atoms with E-state index < -0.39 is 12.1 Å². The standard InChI is InChI=1S/C35H53N5O7/c1-22-19-40(23(2)21-41)34(43)29-18-28(36-35(44)37-32-25(4)38-47-26(32)5)15-16-30(29)46-24(3)12-10-11-17-45-31(22)20-39(6)33(42)27-13-8-7-9-14-27/h15-16,18,22-24,27,31,41H,7-14,17,19-21H2,1-6H3,(H2,36,37,44)/t22-,23+,24+,31+/m1/s1. The molecule has 12 heteroatoms. The summed E-state index contributed by atoms with van der Waals surface area (Å²) < 4.78 is 17.9. The molecule has 4 rings (SSSR count). The first-order valence-electron chi connectivity index (χ1n) is 17.1. The fraction of sp³-hybridized carbons (Fsp3) is 0.657. The molecular weight excluding hydrogens is 602 g/mol. The van der Waals surface area contributed by atoms with Crippen molar-refractivity contribution in [3.05, 3.63) is 35.2 Å². The SMILES string of the molecule is Cc1noc(C)c1NC(=O)Nc1ccc2c(c1)C(=O)N([C@@H](C)CO)C[C@@H](C)[C@H](CN(C)C(=O)C1CCCCC1)OCCCC[C@H](C)O2. The van der Waals surface area contributed by atoms with Gasteiger partial charge in [-0.2, -0.15) is 0 Å². The molecule has 0 saturated heterocycles. The van der Waals surface area contributed by atoms with Gasteiger partial charge in [-0.1, -0.05) is 31.3 Å². The Kier molecular flexibility index (Phi) is 13.1. The predicted molar refractivity (Wildman–Crippen MR) is 180 cm³/mol. The normalized spacial score (nSPS) is 22.4. The van der Waals surface area contributed by atoms with Gasteiger partial charge >= 0.3 is 6.03 Å². The van der Waals surface area contributed by atoms with Gasteiger partial charge in [0.25, 0.3) is 5.91 Å². The number of urea groups is 1. The first kappa shape index (κ1) is 36.2. The summed E-state index contributed by atoms with van der Waals surface area (Å²) in [5.41, 5.74) is 1.70. The number of likely N-dealkylation sites (N-methyl/N-ethyl adjacent to an activating group) is 1. The Hall–Kier alpha value is -3.64. The number of hydrogen-bond acceptors (Lipinski definition) is 8. The van der Waals surface area contributed by atoms with E-state index >= 15 is 0 Å². The Bertz CT molecular complexity index is 1340. The number of ether oxygens (including phenoxy) is 2. The van der Waals surface area contributed by atoms with Crippen molar-refractivity contribution in [2.45, 2.75) is 104 Å². The number of rotatable bonds is 7. The Balaban J connectivity index is 1.59. The maximum Gasteiger partial charge on any atom is 0.323 e. The number of aryl methyl sites for hydroxylation is 2. The molecule has 0 bridgehead atoms. The summed E-state index contributed by atoms with van der Waals surface area (Å²) >= 11 is 0. The van der Waals surface area contributed by atoms with Crippen LogP contribution in [0.5, 0.6) is 5.75 Å². The summed E-state index contributed by atoms with van der Waals surface area (Å²) in [6.45, 7) is 10.2. The second-order valence-electron chi connectivity index (χ2n) is 13.3. The molecule has 4 atom stereocenters. The summed E-state index contributed by atoms with van der Waals surface area (Å²) in [6.07, 6.45) is 7.20. The Morgan fingerprint density at radius 2 is 1.81 bits per heavy atom. The molecule has 4 amide bonds. The van der Waals surface area contributed by atoms with E-state index in [9.17, 15) is 19.5 Å². The van der Waals surface area contributed by atoms with Crippen LogP contribution in [0.15, 0.2) is 22.7 Å². The number of nitrogens with one attached hydrogen (secondary N) is 2. The third kappa shape index (κ3) is 9.70. The van der Waals surface area contributed by atoms with E-state index in [-0.39, 0.29) is 54.6 Å². The molecule has 2 heterocycles. The van der Waals surface area contributed by atoms with Crippen molar-refractivity contribution in [2.24, 2.45) is 11.8 Å². The van der Waals surface area contributed by atoms with Gasteiger partial charge in [-0.3, -0.25) is 9.59 Å². The van der Waals surface area contributed by atoms with Gasteiger partial charge in [0.2, 0.25) is 5.91 Å². The minimum atomic E-state index is -0.511. The molecule has 0 spiro atoms. The van der Waals surface area contributed by atoms with E-state index in [4.69, 9.17) is 14.0 Å². The van der Waals surface area contributed by atoms with Crippen LogP contribution in [-0.4, -0.2) is 89.5 Å². The summed E-state index contributed by atoms with van der Waals surface area (Å²) in [6, 6.07) is 3.98. The molecular formula is C35H53N5O7. The van der Waals surface area contributed by atoms with Gasteiger partial charge in [-0.25, -0.2) is 4.79 Å². The third-order valence-electron chi connectivity index (χ3n) is 9.37. The highest BCUT2D eigenvalue weighted by atomic mass is 16.5. The number of benzene rings is 1. The van der Waals surface area contributed by atoms with E-state index in [1.165, 1.54) is 6.42 Å². The molecule has 47 heavy (non-hydrogen) atoms. The van der Waals surface area contributed by atoms with Crippen molar-refractivity contribution in [3.8, 4) is 5.75 Å². The highest BCUT2D eigenvalue weighted by Crippen LogP contribution is 2.30. The molecule has 1 aliphatic heterocycles. The zero-order valence-corrected chi connectivity index (χ0v) is 28.8. The lowest BCUT2D eigenvalue weighted by molar-refractivity contribution is -0.137. The molecule has 1 aromatic heterocycles. The average molecular weight is 656 g/mol. The molecule has 1 aromatic carbocycles. The van der Waals surface area contributed by atoms with Crippen molar-refractivity contribution < 1.29 is 33.5 Å². The number of hydrogen-bond donors (Lipinski definition) is 3. The third-order valence-corrected chi connectivity index (χ3v) is 9.37. The molecule has 2 aromatic rings. The van der Waals surface area contributed by atoms with Gasteiger partial charge in [0, 0.05) is 44.3 Å². The van der Waals surface area contributed by atoms with E-state index in [1.54, 1.807) is 48.8 Å². The van der Waals surface area contributed by atoms with Crippen molar-refractivity contribution in [1.82, 2.24) is 15.0 Å². The summed E-state index contributed by atoms with van der Waals surface area (Å²) in [5, 5.41) is 19.7. The van der Waals surface area contributed by atoms with Crippen molar-refractivity contribution in [1.29, 1.82) is 0 Å². The van der Waals surface area contributed by atoms with Crippen LogP contribution in [-0.2, 0) is 9.53 Å². The van der Waals surface area contributed by atoms with E-state index in [2.05, 4.69) is 15.8 Å². The summed E-state index contributed by atoms with van der Waals surface area (Å²) in [7, 11) is 1.85. The molecule has 12 nitrogen and oxygen atoms in total. The summed E-state index contributed by atoms with van der Waals surface area (Å²) in [5.74, 6) is 0.622.